The van der Waals surface area contributed by atoms with Gasteiger partial charge in [-0.15, -0.1) is 0 Å². The summed E-state index contributed by atoms with van der Waals surface area (Å²) in [7, 11) is 1.39. The van der Waals surface area contributed by atoms with Gasteiger partial charge in [0.1, 0.15) is 0 Å². The monoisotopic (exact) mass is 220 g/mol. The predicted octanol–water partition coefficient (Wildman–Crippen LogP) is 2.02. The average molecular weight is 220 g/mol. The molecule has 0 aliphatic heterocycles. The van der Waals surface area contributed by atoms with Gasteiger partial charge in [-0.2, -0.15) is 0 Å². The van der Waals surface area contributed by atoms with E-state index in [1.807, 2.05) is 19.1 Å². The van der Waals surface area contributed by atoms with Gasteiger partial charge in [-0.05, 0) is 48.9 Å². The van der Waals surface area contributed by atoms with Crippen molar-refractivity contribution in [3.63, 3.8) is 0 Å². The molecule has 1 fully saturated rings. The van der Waals surface area contributed by atoms with Gasteiger partial charge in [-0.3, -0.25) is 0 Å². The highest BCUT2D eigenvalue weighted by atomic mass is 16.5. The summed E-state index contributed by atoms with van der Waals surface area (Å²) in [4.78, 5) is 11.4. The minimum absolute atomic E-state index is 0.174. The summed E-state index contributed by atoms with van der Waals surface area (Å²) >= 11 is 0. The van der Waals surface area contributed by atoms with E-state index < -0.39 is 0 Å². The molecule has 0 amide bonds. The third-order valence-corrected chi connectivity index (χ3v) is 3.11. The molecule has 3 nitrogen and oxygen atoms in total. The highest BCUT2D eigenvalue weighted by Crippen LogP contribution is 2.37. The maximum absolute atomic E-state index is 11.4. The van der Waals surface area contributed by atoms with Crippen LogP contribution in [0.25, 0.3) is 0 Å². The summed E-state index contributed by atoms with van der Waals surface area (Å²) in [5.74, 6) is 0.0862. The molecule has 16 heavy (non-hydrogen) atoms. The first-order valence-electron chi connectivity index (χ1n) is 5.48. The maximum atomic E-state index is 11.4. The van der Waals surface area contributed by atoms with Gasteiger partial charge in [0, 0.05) is 0 Å². The molecule has 1 N–H and O–H groups in total. The van der Waals surface area contributed by atoms with E-state index in [0.29, 0.717) is 11.5 Å². The lowest BCUT2D eigenvalue weighted by molar-refractivity contribution is 0.0600. The van der Waals surface area contributed by atoms with E-state index >= 15 is 0 Å². The molecule has 0 unspecified atom stereocenters. The number of aliphatic hydroxyl groups is 1. The van der Waals surface area contributed by atoms with Crippen molar-refractivity contribution < 1.29 is 14.6 Å². The fourth-order valence-electron chi connectivity index (χ4n) is 2.14. The minimum Gasteiger partial charge on any atom is -0.465 e. The molecule has 1 aliphatic rings. The Morgan fingerprint density at radius 2 is 2.06 bits per heavy atom. The largest absolute Gasteiger partial charge is 0.465 e. The van der Waals surface area contributed by atoms with Crippen LogP contribution in [0.2, 0.25) is 0 Å². The van der Waals surface area contributed by atoms with Gasteiger partial charge in [0.15, 0.2) is 0 Å². The molecule has 3 heteroatoms. The Kier molecular flexibility index (Phi) is 2.97. The van der Waals surface area contributed by atoms with E-state index in [1.165, 1.54) is 7.11 Å². The summed E-state index contributed by atoms with van der Waals surface area (Å²) in [6.45, 7) is 1.96. The topological polar surface area (TPSA) is 46.5 Å². The summed E-state index contributed by atoms with van der Waals surface area (Å²) < 4.78 is 4.71. The molecule has 0 spiro atoms. The Morgan fingerprint density at radius 1 is 1.38 bits per heavy atom. The second-order valence-corrected chi connectivity index (χ2v) is 4.45. The summed E-state index contributed by atoms with van der Waals surface area (Å²) in [5, 5.41) is 9.28. The number of ether oxygens (including phenoxy) is 1. The van der Waals surface area contributed by atoms with Gasteiger partial charge in [-0.1, -0.05) is 6.07 Å². The number of methoxy groups -OCH3 is 1. The van der Waals surface area contributed by atoms with Crippen LogP contribution < -0.4 is 0 Å². The van der Waals surface area contributed by atoms with E-state index in [4.69, 9.17) is 4.74 Å². The number of esters is 1. The molecule has 1 aromatic carbocycles. The molecular formula is C13H16O3. The van der Waals surface area contributed by atoms with E-state index in [1.54, 1.807) is 0 Å². The summed E-state index contributed by atoms with van der Waals surface area (Å²) in [5.41, 5.74) is 2.78. The summed E-state index contributed by atoms with van der Waals surface area (Å²) in [6, 6.07) is 5.77. The second kappa shape index (κ2) is 4.26. The molecule has 0 radical (unpaired) electrons. The SMILES string of the molecule is COC(=O)c1cc(C)cc(C2CC(O)C2)c1. The molecule has 0 atom stereocenters. The van der Waals surface area contributed by atoms with Crippen LogP contribution >= 0.6 is 0 Å². The van der Waals surface area contributed by atoms with Gasteiger partial charge >= 0.3 is 5.97 Å². The van der Waals surface area contributed by atoms with Crippen molar-refractivity contribution in [2.24, 2.45) is 0 Å². The second-order valence-electron chi connectivity index (χ2n) is 4.45. The first-order chi connectivity index (χ1) is 7.60. The van der Waals surface area contributed by atoms with Crippen molar-refractivity contribution in [2.45, 2.75) is 31.8 Å². The van der Waals surface area contributed by atoms with Crippen LogP contribution in [0.1, 0.15) is 40.2 Å². The number of aryl methyl sites for hydroxylation is 1. The van der Waals surface area contributed by atoms with Crippen molar-refractivity contribution >= 4 is 5.97 Å². The predicted molar refractivity (Wildman–Crippen MR) is 60.5 cm³/mol. The smallest absolute Gasteiger partial charge is 0.337 e. The third-order valence-electron chi connectivity index (χ3n) is 3.11. The van der Waals surface area contributed by atoms with Crippen LogP contribution in [-0.2, 0) is 4.74 Å². The Hall–Kier alpha value is -1.35. The zero-order chi connectivity index (χ0) is 11.7. The Morgan fingerprint density at radius 3 is 2.62 bits per heavy atom. The number of carbonyl (C=O) groups is 1. The van der Waals surface area contributed by atoms with E-state index in [2.05, 4.69) is 6.07 Å². The number of aliphatic hydroxyl groups excluding tert-OH is 1. The zero-order valence-corrected chi connectivity index (χ0v) is 9.56. The molecular weight excluding hydrogens is 204 g/mol. The highest BCUT2D eigenvalue weighted by molar-refractivity contribution is 5.89. The number of benzene rings is 1. The Balaban J connectivity index is 2.25. The van der Waals surface area contributed by atoms with Crippen molar-refractivity contribution in [1.29, 1.82) is 0 Å². The lowest BCUT2D eigenvalue weighted by Gasteiger charge is -2.32. The third kappa shape index (κ3) is 2.09. The molecule has 0 bridgehead atoms. The average Bonchev–Trinajstić information content (AvgIpc) is 2.22. The zero-order valence-electron chi connectivity index (χ0n) is 9.56. The van der Waals surface area contributed by atoms with Crippen LogP contribution in [0.3, 0.4) is 0 Å². The van der Waals surface area contributed by atoms with Crippen molar-refractivity contribution in [3.05, 3.63) is 34.9 Å². The number of hydrogen-bond donors (Lipinski definition) is 1. The fourth-order valence-corrected chi connectivity index (χ4v) is 2.14. The van der Waals surface area contributed by atoms with E-state index in [0.717, 1.165) is 24.0 Å². The number of hydrogen-bond acceptors (Lipinski definition) is 3. The first-order valence-corrected chi connectivity index (χ1v) is 5.48. The van der Waals surface area contributed by atoms with E-state index in [-0.39, 0.29) is 12.1 Å². The van der Waals surface area contributed by atoms with E-state index in [9.17, 15) is 9.90 Å². The first kappa shape index (κ1) is 11.1. The number of rotatable bonds is 2. The molecule has 2 rings (SSSR count). The molecule has 0 heterocycles. The van der Waals surface area contributed by atoms with Crippen LogP contribution in [-0.4, -0.2) is 24.3 Å². The normalized spacial score (nSPS) is 23.7. The Bertz CT molecular complexity index is 406. The van der Waals surface area contributed by atoms with Crippen molar-refractivity contribution in [2.75, 3.05) is 7.11 Å². The van der Waals surface area contributed by atoms with Gasteiger partial charge < -0.3 is 9.84 Å². The van der Waals surface area contributed by atoms with Gasteiger partial charge in [-0.25, -0.2) is 4.79 Å². The van der Waals surface area contributed by atoms with Gasteiger partial charge in [0.2, 0.25) is 0 Å². The lowest BCUT2D eigenvalue weighted by Crippen LogP contribution is -2.26. The van der Waals surface area contributed by atoms with Crippen LogP contribution in [0.4, 0.5) is 0 Å². The standard InChI is InChI=1S/C13H16O3/c1-8-3-9(10-6-12(14)7-10)5-11(4-8)13(15)16-2/h3-5,10,12,14H,6-7H2,1-2H3. The van der Waals surface area contributed by atoms with Crippen molar-refractivity contribution in [1.82, 2.24) is 0 Å². The molecule has 1 aliphatic carbocycles. The molecule has 0 saturated heterocycles. The van der Waals surface area contributed by atoms with Gasteiger partial charge in [0.25, 0.3) is 0 Å². The quantitative estimate of drug-likeness (QED) is 0.776. The van der Waals surface area contributed by atoms with Crippen LogP contribution in [0.15, 0.2) is 18.2 Å². The molecule has 0 aromatic heterocycles. The lowest BCUT2D eigenvalue weighted by atomic mass is 9.77. The van der Waals surface area contributed by atoms with Crippen molar-refractivity contribution in [3.8, 4) is 0 Å². The summed E-state index contributed by atoms with van der Waals surface area (Å²) in [6.07, 6.45) is 1.42. The molecule has 86 valence electrons. The maximum Gasteiger partial charge on any atom is 0.337 e. The minimum atomic E-state index is -0.301. The number of carbonyl (C=O) groups excluding carboxylic acids is 1. The Labute approximate surface area is 95.0 Å². The molecule has 1 saturated carbocycles. The van der Waals surface area contributed by atoms with Crippen LogP contribution in [0.5, 0.6) is 0 Å². The fraction of sp³-hybridized carbons (Fsp3) is 0.462. The highest BCUT2D eigenvalue weighted by Gasteiger charge is 2.29. The van der Waals surface area contributed by atoms with Gasteiger partial charge in [0.05, 0.1) is 18.8 Å². The van der Waals surface area contributed by atoms with Crippen LogP contribution in [0, 0.1) is 6.92 Å². The molecule has 1 aromatic rings.